The van der Waals surface area contributed by atoms with Crippen molar-refractivity contribution < 1.29 is 20.1 Å². The van der Waals surface area contributed by atoms with E-state index in [1.165, 1.54) is 141 Å². The Balaban J connectivity index is 3.70. The summed E-state index contributed by atoms with van der Waals surface area (Å²) in [6.07, 6.45) is 36.6. The van der Waals surface area contributed by atoms with Gasteiger partial charge in [-0.1, -0.05) is 187 Å². The SMILES string of the molecule is CCCCCCCCCCCCCCCCCC/C=C/C(O)C(CO)NC(=O)C(O)CCCCCCCCCCCC. The van der Waals surface area contributed by atoms with Crippen molar-refractivity contribution in [3.63, 3.8) is 0 Å². The van der Waals surface area contributed by atoms with Gasteiger partial charge in [-0.25, -0.2) is 0 Å². The number of carbonyl (C=O) groups is 1. The van der Waals surface area contributed by atoms with Gasteiger partial charge in [-0.3, -0.25) is 4.79 Å². The molecule has 0 bridgehead atoms. The standard InChI is InChI=1S/C37H73NO4/c1-3-5-7-9-11-13-15-16-17-18-19-20-21-22-24-25-27-29-31-35(40)34(33-39)38-37(42)36(41)32-30-28-26-23-14-12-10-8-6-4-2/h29,31,34-36,39-41H,3-28,30,32-33H2,1-2H3,(H,38,42)/b31-29+. The lowest BCUT2D eigenvalue weighted by molar-refractivity contribution is -0.131. The number of amides is 1. The van der Waals surface area contributed by atoms with Gasteiger partial charge in [-0.15, -0.1) is 0 Å². The molecule has 3 unspecified atom stereocenters. The van der Waals surface area contributed by atoms with E-state index < -0.39 is 24.2 Å². The second-order valence-electron chi connectivity index (χ2n) is 12.8. The quantitative estimate of drug-likeness (QED) is 0.0449. The van der Waals surface area contributed by atoms with Crippen molar-refractivity contribution in [2.75, 3.05) is 6.61 Å². The zero-order valence-corrected chi connectivity index (χ0v) is 28.1. The summed E-state index contributed by atoms with van der Waals surface area (Å²) < 4.78 is 0. The summed E-state index contributed by atoms with van der Waals surface area (Å²) in [6.45, 7) is 4.15. The summed E-state index contributed by atoms with van der Waals surface area (Å²) in [5, 5.41) is 32.9. The van der Waals surface area contributed by atoms with Gasteiger partial charge in [0.15, 0.2) is 0 Å². The molecular weight excluding hydrogens is 522 g/mol. The molecule has 0 aliphatic rings. The summed E-state index contributed by atoms with van der Waals surface area (Å²) in [7, 11) is 0. The zero-order chi connectivity index (χ0) is 30.9. The van der Waals surface area contributed by atoms with Gasteiger partial charge < -0.3 is 20.6 Å². The first kappa shape index (κ1) is 41.1. The van der Waals surface area contributed by atoms with E-state index in [1.807, 2.05) is 6.08 Å². The molecule has 250 valence electrons. The molecule has 0 aromatic carbocycles. The Morgan fingerprint density at radius 1 is 0.571 bits per heavy atom. The highest BCUT2D eigenvalue weighted by atomic mass is 16.3. The van der Waals surface area contributed by atoms with Crippen LogP contribution in [0.15, 0.2) is 12.2 Å². The minimum atomic E-state index is -1.09. The van der Waals surface area contributed by atoms with E-state index in [0.717, 1.165) is 32.1 Å². The van der Waals surface area contributed by atoms with Crippen LogP contribution in [-0.2, 0) is 4.79 Å². The van der Waals surface area contributed by atoms with Crippen LogP contribution in [0.3, 0.4) is 0 Å². The average molecular weight is 596 g/mol. The molecule has 0 radical (unpaired) electrons. The maximum atomic E-state index is 12.3. The minimum absolute atomic E-state index is 0.360. The van der Waals surface area contributed by atoms with Crippen molar-refractivity contribution in [2.24, 2.45) is 0 Å². The first-order valence-electron chi connectivity index (χ1n) is 18.5. The first-order valence-corrected chi connectivity index (χ1v) is 18.5. The number of unbranched alkanes of at least 4 members (excludes halogenated alkanes) is 25. The van der Waals surface area contributed by atoms with E-state index in [4.69, 9.17) is 0 Å². The molecule has 0 saturated carbocycles. The monoisotopic (exact) mass is 596 g/mol. The lowest BCUT2D eigenvalue weighted by atomic mass is 10.0. The number of allylic oxidation sites excluding steroid dienone is 1. The largest absolute Gasteiger partial charge is 0.394 e. The van der Waals surface area contributed by atoms with Crippen molar-refractivity contribution in [1.82, 2.24) is 5.32 Å². The summed E-state index contributed by atoms with van der Waals surface area (Å²) in [5.74, 6) is -0.504. The predicted octanol–water partition coefficient (Wildman–Crippen LogP) is 9.70. The van der Waals surface area contributed by atoms with Crippen LogP contribution in [0, 0.1) is 0 Å². The predicted molar refractivity (Wildman–Crippen MR) is 181 cm³/mol. The van der Waals surface area contributed by atoms with Gasteiger partial charge in [-0.2, -0.15) is 0 Å². The van der Waals surface area contributed by atoms with Gasteiger partial charge in [0.1, 0.15) is 6.10 Å². The number of hydrogen-bond acceptors (Lipinski definition) is 4. The second-order valence-corrected chi connectivity index (χ2v) is 12.8. The van der Waals surface area contributed by atoms with Gasteiger partial charge in [-0.05, 0) is 19.3 Å². The Bertz CT molecular complexity index is 582. The van der Waals surface area contributed by atoms with E-state index in [1.54, 1.807) is 6.08 Å². The van der Waals surface area contributed by atoms with Crippen molar-refractivity contribution >= 4 is 5.91 Å². The third-order valence-electron chi connectivity index (χ3n) is 8.63. The van der Waals surface area contributed by atoms with Crippen molar-refractivity contribution in [3.8, 4) is 0 Å². The van der Waals surface area contributed by atoms with E-state index >= 15 is 0 Å². The Hall–Kier alpha value is -0.910. The minimum Gasteiger partial charge on any atom is -0.394 e. The van der Waals surface area contributed by atoms with Gasteiger partial charge in [0.05, 0.1) is 18.8 Å². The molecule has 0 aromatic heterocycles. The van der Waals surface area contributed by atoms with Crippen molar-refractivity contribution in [2.45, 2.75) is 212 Å². The van der Waals surface area contributed by atoms with Crippen LogP contribution in [0.4, 0.5) is 0 Å². The Morgan fingerprint density at radius 3 is 1.31 bits per heavy atom. The van der Waals surface area contributed by atoms with Gasteiger partial charge in [0.2, 0.25) is 5.91 Å². The van der Waals surface area contributed by atoms with Crippen LogP contribution in [0.25, 0.3) is 0 Å². The smallest absolute Gasteiger partial charge is 0.249 e. The van der Waals surface area contributed by atoms with Gasteiger partial charge >= 0.3 is 0 Å². The van der Waals surface area contributed by atoms with Crippen LogP contribution in [0.5, 0.6) is 0 Å². The van der Waals surface area contributed by atoms with Crippen molar-refractivity contribution in [1.29, 1.82) is 0 Å². The molecule has 4 N–H and O–H groups in total. The fourth-order valence-corrected chi connectivity index (χ4v) is 5.65. The third-order valence-corrected chi connectivity index (χ3v) is 8.63. The number of nitrogens with one attached hydrogen (secondary N) is 1. The highest BCUT2D eigenvalue weighted by molar-refractivity contribution is 5.80. The molecule has 0 rings (SSSR count). The van der Waals surface area contributed by atoms with Crippen LogP contribution in [0.2, 0.25) is 0 Å². The average Bonchev–Trinajstić information content (AvgIpc) is 2.99. The molecule has 0 spiro atoms. The Labute approximate surface area is 261 Å². The normalized spacial score (nSPS) is 13.9. The highest BCUT2D eigenvalue weighted by Gasteiger charge is 2.22. The van der Waals surface area contributed by atoms with Gasteiger partial charge in [0.25, 0.3) is 0 Å². The van der Waals surface area contributed by atoms with Crippen LogP contribution >= 0.6 is 0 Å². The van der Waals surface area contributed by atoms with Crippen LogP contribution in [-0.4, -0.2) is 46.1 Å². The van der Waals surface area contributed by atoms with Crippen LogP contribution in [0.1, 0.15) is 194 Å². The van der Waals surface area contributed by atoms with E-state index in [-0.39, 0.29) is 6.61 Å². The lowest BCUT2D eigenvalue weighted by Gasteiger charge is -2.21. The number of aliphatic hydroxyl groups excluding tert-OH is 3. The molecule has 0 aliphatic heterocycles. The first-order chi connectivity index (χ1) is 20.6. The Morgan fingerprint density at radius 2 is 0.929 bits per heavy atom. The fourth-order valence-electron chi connectivity index (χ4n) is 5.65. The molecule has 3 atom stereocenters. The third kappa shape index (κ3) is 27.9. The van der Waals surface area contributed by atoms with E-state index in [9.17, 15) is 20.1 Å². The fraction of sp³-hybridized carbons (Fsp3) is 0.919. The molecule has 5 heteroatoms. The van der Waals surface area contributed by atoms with Crippen LogP contribution < -0.4 is 5.32 Å². The molecule has 0 fully saturated rings. The molecule has 42 heavy (non-hydrogen) atoms. The molecule has 0 aromatic rings. The topological polar surface area (TPSA) is 89.8 Å². The molecule has 1 amide bonds. The Kier molecular flexibility index (Phi) is 32.3. The summed E-state index contributed by atoms with van der Waals surface area (Å²) in [6, 6.07) is -0.790. The van der Waals surface area contributed by atoms with Gasteiger partial charge in [0, 0.05) is 0 Å². The highest BCUT2D eigenvalue weighted by Crippen LogP contribution is 2.15. The van der Waals surface area contributed by atoms with E-state index in [2.05, 4.69) is 19.2 Å². The molecule has 0 saturated heterocycles. The molecular formula is C37H73NO4. The molecule has 5 nitrogen and oxygen atoms in total. The van der Waals surface area contributed by atoms with E-state index in [0.29, 0.717) is 6.42 Å². The summed E-state index contributed by atoms with van der Waals surface area (Å²) in [4.78, 5) is 12.3. The number of aliphatic hydroxyl groups is 3. The maximum absolute atomic E-state index is 12.3. The number of hydrogen-bond donors (Lipinski definition) is 4. The summed E-state index contributed by atoms with van der Waals surface area (Å²) >= 11 is 0. The number of rotatable bonds is 33. The molecule has 0 aliphatic carbocycles. The maximum Gasteiger partial charge on any atom is 0.249 e. The summed E-state index contributed by atoms with van der Waals surface area (Å²) in [5.41, 5.74) is 0. The second kappa shape index (κ2) is 33.0. The lowest BCUT2D eigenvalue weighted by Crippen LogP contribution is -2.48. The molecule has 0 heterocycles. The zero-order valence-electron chi connectivity index (χ0n) is 28.1. The van der Waals surface area contributed by atoms with Crippen molar-refractivity contribution in [3.05, 3.63) is 12.2 Å². The number of carbonyl (C=O) groups excluding carboxylic acids is 1.